The zero-order valence-corrected chi connectivity index (χ0v) is 18.4. The van der Waals surface area contributed by atoms with Crippen molar-refractivity contribution in [2.24, 2.45) is 23.2 Å². The number of hydrogen-bond acceptors (Lipinski definition) is 5. The van der Waals surface area contributed by atoms with Crippen molar-refractivity contribution in [3.05, 3.63) is 26.6 Å². The van der Waals surface area contributed by atoms with E-state index in [4.69, 9.17) is 16.6 Å². The van der Waals surface area contributed by atoms with Crippen LogP contribution in [0.4, 0.5) is 0 Å². The molecule has 27 heavy (non-hydrogen) atoms. The Hall–Kier alpha value is -0.870. The predicted octanol–water partition coefficient (Wildman–Crippen LogP) is 4.33. The van der Waals surface area contributed by atoms with Crippen LogP contribution in [0.5, 0.6) is 0 Å². The number of nitrogens with zero attached hydrogens (tertiary/aromatic N) is 1. The van der Waals surface area contributed by atoms with Gasteiger partial charge < -0.3 is 4.42 Å². The molecule has 4 aliphatic carbocycles. The van der Waals surface area contributed by atoms with Gasteiger partial charge in [-0.25, -0.2) is 0 Å². The van der Waals surface area contributed by atoms with Crippen LogP contribution in [0, 0.1) is 26.9 Å². The number of nitrogens with one attached hydrogen (secondary N) is 1. The Morgan fingerprint density at radius 1 is 1.26 bits per heavy atom. The zero-order valence-electron chi connectivity index (χ0n) is 14.6. The van der Waals surface area contributed by atoms with E-state index in [0.717, 1.165) is 23.0 Å². The number of carbonyl (C=O) groups is 2. The summed E-state index contributed by atoms with van der Waals surface area (Å²) >= 11 is 8.63. The fourth-order valence-electron chi connectivity index (χ4n) is 5.71. The van der Waals surface area contributed by atoms with Crippen LogP contribution in [-0.4, -0.2) is 21.1 Å². The third kappa shape index (κ3) is 3.17. The summed E-state index contributed by atoms with van der Waals surface area (Å²) < 4.78 is 6.63. The van der Waals surface area contributed by atoms with Gasteiger partial charge in [-0.05, 0) is 103 Å². The lowest BCUT2D eigenvalue weighted by molar-refractivity contribution is -0.152. The first-order valence-corrected chi connectivity index (χ1v) is 11.6. The Bertz CT molecular complexity index is 843. The molecule has 4 saturated carbocycles. The zero-order chi connectivity index (χ0) is 18.8. The summed E-state index contributed by atoms with van der Waals surface area (Å²) in [5.74, 6) is 2.33. The molecule has 2 heterocycles. The third-order valence-corrected chi connectivity index (χ3v) is 8.28. The van der Waals surface area contributed by atoms with E-state index in [1.165, 1.54) is 36.0 Å². The molecular weight excluding hydrogens is 495 g/mol. The molecule has 0 atom stereocenters. The number of amides is 2. The Balaban J connectivity index is 1.33. The van der Waals surface area contributed by atoms with Crippen molar-refractivity contribution >= 4 is 68.8 Å². The van der Waals surface area contributed by atoms with Gasteiger partial charge >= 0.3 is 0 Å². The van der Waals surface area contributed by atoms with Crippen molar-refractivity contribution in [1.82, 2.24) is 10.4 Å². The van der Waals surface area contributed by atoms with Crippen LogP contribution in [0.2, 0.25) is 0 Å². The monoisotopic (exact) mass is 514 g/mol. The highest BCUT2D eigenvalue weighted by molar-refractivity contribution is 14.1. The Morgan fingerprint density at radius 2 is 1.89 bits per heavy atom. The molecule has 1 saturated heterocycles. The average molecular weight is 514 g/mol. The summed E-state index contributed by atoms with van der Waals surface area (Å²) in [5, 5.41) is 1.25. The van der Waals surface area contributed by atoms with Crippen molar-refractivity contribution in [1.29, 1.82) is 0 Å². The van der Waals surface area contributed by atoms with Gasteiger partial charge in [0.25, 0.3) is 5.91 Å². The molecule has 0 radical (unpaired) electrons. The minimum atomic E-state index is -0.307. The van der Waals surface area contributed by atoms with E-state index in [0.29, 0.717) is 32.7 Å². The highest BCUT2D eigenvalue weighted by atomic mass is 127. The van der Waals surface area contributed by atoms with Crippen molar-refractivity contribution in [3.8, 4) is 0 Å². The molecule has 6 rings (SSSR count). The van der Waals surface area contributed by atoms with Crippen LogP contribution < -0.4 is 5.43 Å². The van der Waals surface area contributed by atoms with E-state index in [1.54, 1.807) is 6.08 Å². The van der Waals surface area contributed by atoms with Gasteiger partial charge in [-0.15, -0.1) is 0 Å². The minimum Gasteiger partial charge on any atom is -0.451 e. The molecule has 1 aliphatic heterocycles. The topological polar surface area (TPSA) is 62.6 Å². The first kappa shape index (κ1) is 18.2. The van der Waals surface area contributed by atoms with Gasteiger partial charge in [0.1, 0.15) is 5.76 Å². The molecule has 8 heteroatoms. The lowest BCUT2D eigenvalue weighted by Crippen LogP contribution is -2.57. The van der Waals surface area contributed by atoms with Gasteiger partial charge in [0.2, 0.25) is 5.91 Å². The first-order chi connectivity index (χ1) is 12.9. The van der Waals surface area contributed by atoms with E-state index in [9.17, 15) is 9.59 Å². The summed E-state index contributed by atoms with van der Waals surface area (Å²) in [6, 6.07) is 3.64. The Kier molecular flexibility index (Phi) is 4.43. The SMILES string of the molecule is O=C1/C(=C/c2ccc(I)o2)SC(=S)N1NC(=O)C12CC3CC(CC(C3)C1)C2. The fourth-order valence-corrected chi connectivity index (χ4v) is 7.30. The van der Waals surface area contributed by atoms with Crippen molar-refractivity contribution < 1.29 is 14.0 Å². The number of rotatable bonds is 3. The van der Waals surface area contributed by atoms with Crippen LogP contribution in [0.15, 0.2) is 21.5 Å². The maximum atomic E-state index is 13.2. The van der Waals surface area contributed by atoms with Crippen LogP contribution in [0.25, 0.3) is 6.08 Å². The minimum absolute atomic E-state index is 0.0216. The van der Waals surface area contributed by atoms with Gasteiger partial charge in [-0.3, -0.25) is 15.0 Å². The van der Waals surface area contributed by atoms with E-state index in [1.807, 2.05) is 12.1 Å². The standard InChI is InChI=1S/C19H19IN2O3S2/c20-15-2-1-13(25-15)6-14-16(23)22(18(26)27-14)21-17(24)19-7-10-3-11(8-19)5-12(4-10)9-19/h1-2,6,10-12H,3-5,7-9H2,(H,21,24)/b14-6-. The quantitative estimate of drug-likeness (QED) is 0.370. The second kappa shape index (κ2) is 6.59. The number of hydrazine groups is 1. The highest BCUT2D eigenvalue weighted by Gasteiger charge is 2.55. The van der Waals surface area contributed by atoms with Crippen LogP contribution >= 0.6 is 46.6 Å². The second-order valence-electron chi connectivity index (χ2n) is 8.30. The van der Waals surface area contributed by atoms with Gasteiger partial charge in [0.15, 0.2) is 8.09 Å². The number of halogens is 1. The fraction of sp³-hybridized carbons (Fsp3) is 0.526. The lowest BCUT2D eigenvalue weighted by atomic mass is 9.49. The number of furan rings is 1. The summed E-state index contributed by atoms with van der Waals surface area (Å²) in [6.45, 7) is 0. The number of hydrogen-bond donors (Lipinski definition) is 1. The number of carbonyl (C=O) groups excluding carboxylic acids is 2. The molecule has 1 N–H and O–H groups in total. The Morgan fingerprint density at radius 3 is 2.44 bits per heavy atom. The summed E-state index contributed by atoms with van der Waals surface area (Å²) in [4.78, 5) is 26.4. The maximum absolute atomic E-state index is 13.2. The first-order valence-electron chi connectivity index (χ1n) is 9.26. The van der Waals surface area contributed by atoms with Gasteiger partial charge in [-0.2, -0.15) is 5.01 Å². The summed E-state index contributed by atoms with van der Waals surface area (Å²) in [7, 11) is 0. The van der Waals surface area contributed by atoms with E-state index in [-0.39, 0.29) is 17.2 Å². The normalized spacial score (nSPS) is 36.1. The lowest BCUT2D eigenvalue weighted by Gasteiger charge is -2.55. The summed E-state index contributed by atoms with van der Waals surface area (Å²) in [6.07, 6.45) is 8.38. The van der Waals surface area contributed by atoms with Gasteiger partial charge in [0.05, 0.1) is 10.3 Å². The maximum Gasteiger partial charge on any atom is 0.285 e. The van der Waals surface area contributed by atoms with Crippen LogP contribution in [-0.2, 0) is 9.59 Å². The number of thiocarbonyl (C=S) groups is 1. The molecule has 0 aromatic carbocycles. The van der Waals surface area contributed by atoms with Crippen molar-refractivity contribution in [2.45, 2.75) is 38.5 Å². The predicted molar refractivity (Wildman–Crippen MR) is 115 cm³/mol. The molecule has 5 fully saturated rings. The Labute approximate surface area is 180 Å². The largest absolute Gasteiger partial charge is 0.451 e. The van der Waals surface area contributed by atoms with Gasteiger partial charge in [0, 0.05) is 6.08 Å². The smallest absolute Gasteiger partial charge is 0.285 e. The van der Waals surface area contributed by atoms with E-state index in [2.05, 4.69) is 28.0 Å². The van der Waals surface area contributed by atoms with Crippen LogP contribution in [0.3, 0.4) is 0 Å². The molecule has 1 aromatic heterocycles. The molecule has 142 valence electrons. The van der Waals surface area contributed by atoms with Crippen molar-refractivity contribution in [3.63, 3.8) is 0 Å². The molecule has 5 aliphatic rings. The van der Waals surface area contributed by atoms with Crippen LogP contribution in [0.1, 0.15) is 44.3 Å². The van der Waals surface area contributed by atoms with Gasteiger partial charge in [-0.1, -0.05) is 11.8 Å². The molecule has 4 bridgehead atoms. The molecular formula is C19H19IN2O3S2. The summed E-state index contributed by atoms with van der Waals surface area (Å²) in [5.41, 5.74) is 2.56. The third-order valence-electron chi connectivity index (χ3n) is 6.39. The second-order valence-corrected chi connectivity index (χ2v) is 11.0. The van der Waals surface area contributed by atoms with E-state index >= 15 is 0 Å². The number of thioether (sulfide) groups is 1. The highest BCUT2D eigenvalue weighted by Crippen LogP contribution is 2.60. The van der Waals surface area contributed by atoms with E-state index < -0.39 is 0 Å². The molecule has 1 aromatic rings. The molecule has 2 amide bonds. The molecule has 0 spiro atoms. The molecule has 0 unspecified atom stereocenters. The van der Waals surface area contributed by atoms with Crippen molar-refractivity contribution in [2.75, 3.05) is 0 Å². The average Bonchev–Trinajstić information content (AvgIpc) is 3.12. The molecule has 5 nitrogen and oxygen atoms in total.